The number of nitrogens with zero attached hydrogens (tertiary/aromatic N) is 2. The Kier molecular flexibility index (Phi) is 3.61. The van der Waals surface area contributed by atoms with E-state index in [1.807, 2.05) is 12.1 Å². The zero-order valence-electron chi connectivity index (χ0n) is 13.9. The fourth-order valence-electron chi connectivity index (χ4n) is 3.79. The van der Waals surface area contributed by atoms with Crippen LogP contribution in [0.3, 0.4) is 0 Å². The SMILES string of the molecule is C[C@H]1C(N(C)CC2CC2)C(=O)c2ccc(C#N)cc2C1(C)C. The number of hydrogen-bond donors (Lipinski definition) is 0. The lowest BCUT2D eigenvalue weighted by Crippen LogP contribution is -2.53. The van der Waals surface area contributed by atoms with Gasteiger partial charge in [0.2, 0.25) is 0 Å². The predicted octanol–water partition coefficient (Wildman–Crippen LogP) is 3.38. The number of carbonyl (C=O) groups excluding carboxylic acids is 1. The molecule has 0 saturated heterocycles. The molecule has 1 fully saturated rings. The van der Waals surface area contributed by atoms with Crippen LogP contribution in [0, 0.1) is 23.2 Å². The maximum atomic E-state index is 13.0. The minimum atomic E-state index is -0.113. The van der Waals surface area contributed by atoms with Crippen LogP contribution >= 0.6 is 0 Å². The number of Topliss-reactive ketones (excluding diaryl/α,β-unsaturated/α-hetero) is 1. The summed E-state index contributed by atoms with van der Waals surface area (Å²) >= 11 is 0. The van der Waals surface area contributed by atoms with Gasteiger partial charge >= 0.3 is 0 Å². The minimum Gasteiger partial charge on any atom is -0.296 e. The van der Waals surface area contributed by atoms with Gasteiger partial charge in [0.05, 0.1) is 17.7 Å². The van der Waals surface area contributed by atoms with Gasteiger partial charge in [-0.05, 0) is 60.9 Å². The summed E-state index contributed by atoms with van der Waals surface area (Å²) in [6.45, 7) is 7.58. The molecule has 1 aromatic carbocycles. The number of hydrogen-bond acceptors (Lipinski definition) is 3. The van der Waals surface area contributed by atoms with Crippen molar-refractivity contribution in [1.29, 1.82) is 5.26 Å². The highest BCUT2D eigenvalue weighted by Gasteiger charge is 2.46. The molecule has 0 radical (unpaired) electrons. The Bertz CT molecular complexity index is 652. The van der Waals surface area contributed by atoms with Crippen molar-refractivity contribution in [3.63, 3.8) is 0 Å². The van der Waals surface area contributed by atoms with Gasteiger partial charge in [0, 0.05) is 12.1 Å². The summed E-state index contributed by atoms with van der Waals surface area (Å²) in [5.41, 5.74) is 2.35. The molecule has 0 spiro atoms. The molecule has 2 aliphatic rings. The topological polar surface area (TPSA) is 44.1 Å². The second-order valence-corrected chi connectivity index (χ2v) is 7.57. The summed E-state index contributed by atoms with van der Waals surface area (Å²) in [6.07, 6.45) is 2.59. The average Bonchev–Trinajstić information content (AvgIpc) is 3.29. The third kappa shape index (κ3) is 2.36. The normalized spacial score (nSPS) is 26.6. The van der Waals surface area contributed by atoms with Crippen molar-refractivity contribution in [2.24, 2.45) is 11.8 Å². The van der Waals surface area contributed by atoms with E-state index in [2.05, 4.69) is 38.8 Å². The number of fused-ring (bicyclic) bond motifs is 1. The van der Waals surface area contributed by atoms with Gasteiger partial charge in [0.25, 0.3) is 0 Å². The van der Waals surface area contributed by atoms with Crippen LogP contribution in [0.15, 0.2) is 18.2 Å². The lowest BCUT2D eigenvalue weighted by molar-refractivity contribution is 0.0650. The van der Waals surface area contributed by atoms with E-state index in [0.717, 1.165) is 23.6 Å². The Morgan fingerprint density at radius 3 is 2.64 bits per heavy atom. The molecule has 0 heterocycles. The van der Waals surface area contributed by atoms with E-state index in [9.17, 15) is 4.79 Å². The van der Waals surface area contributed by atoms with E-state index in [1.165, 1.54) is 12.8 Å². The van der Waals surface area contributed by atoms with E-state index < -0.39 is 0 Å². The number of carbonyl (C=O) groups is 1. The van der Waals surface area contributed by atoms with Crippen molar-refractivity contribution < 1.29 is 4.79 Å². The highest BCUT2D eigenvalue weighted by molar-refractivity contribution is 6.03. The van der Waals surface area contributed by atoms with Gasteiger partial charge in [-0.2, -0.15) is 5.26 Å². The van der Waals surface area contributed by atoms with Crippen LogP contribution in [0.4, 0.5) is 0 Å². The molecular formula is C19H24N2O. The average molecular weight is 296 g/mol. The maximum absolute atomic E-state index is 13.0. The molecule has 22 heavy (non-hydrogen) atoms. The molecule has 1 unspecified atom stereocenters. The third-order valence-electron chi connectivity index (χ3n) is 5.71. The van der Waals surface area contributed by atoms with Crippen LogP contribution in [-0.2, 0) is 5.41 Å². The first-order valence-electron chi connectivity index (χ1n) is 8.15. The highest BCUT2D eigenvalue weighted by Crippen LogP contribution is 2.43. The van der Waals surface area contributed by atoms with E-state index in [0.29, 0.717) is 5.56 Å². The second-order valence-electron chi connectivity index (χ2n) is 7.57. The fourth-order valence-corrected chi connectivity index (χ4v) is 3.79. The monoisotopic (exact) mass is 296 g/mol. The Balaban J connectivity index is 2.02. The highest BCUT2D eigenvalue weighted by atomic mass is 16.1. The lowest BCUT2D eigenvalue weighted by atomic mass is 9.63. The van der Waals surface area contributed by atoms with Gasteiger partial charge in [-0.3, -0.25) is 9.69 Å². The zero-order valence-corrected chi connectivity index (χ0v) is 13.9. The van der Waals surface area contributed by atoms with Crippen LogP contribution in [0.5, 0.6) is 0 Å². The first-order chi connectivity index (χ1) is 10.4. The van der Waals surface area contributed by atoms with Gasteiger partial charge < -0.3 is 0 Å². The number of benzene rings is 1. The van der Waals surface area contributed by atoms with E-state index in [1.54, 1.807) is 6.07 Å². The predicted molar refractivity (Wildman–Crippen MR) is 86.8 cm³/mol. The summed E-state index contributed by atoms with van der Waals surface area (Å²) < 4.78 is 0. The molecule has 3 nitrogen and oxygen atoms in total. The van der Waals surface area contributed by atoms with Crippen molar-refractivity contribution in [2.75, 3.05) is 13.6 Å². The molecule has 1 aromatic rings. The minimum absolute atomic E-state index is 0.0592. The Morgan fingerprint density at radius 2 is 2.05 bits per heavy atom. The van der Waals surface area contributed by atoms with Crippen molar-refractivity contribution in [3.8, 4) is 6.07 Å². The molecule has 116 valence electrons. The van der Waals surface area contributed by atoms with Crippen LogP contribution in [0.2, 0.25) is 0 Å². The van der Waals surface area contributed by atoms with Gasteiger partial charge in [0.15, 0.2) is 5.78 Å². The molecule has 2 atom stereocenters. The maximum Gasteiger partial charge on any atom is 0.180 e. The molecule has 3 heteroatoms. The Morgan fingerprint density at radius 1 is 1.36 bits per heavy atom. The molecule has 0 N–H and O–H groups in total. The number of ketones is 1. The largest absolute Gasteiger partial charge is 0.296 e. The summed E-state index contributed by atoms with van der Waals surface area (Å²) in [4.78, 5) is 15.3. The molecule has 0 aliphatic heterocycles. The molecular weight excluding hydrogens is 272 g/mol. The molecule has 3 rings (SSSR count). The van der Waals surface area contributed by atoms with Gasteiger partial charge in [-0.1, -0.05) is 20.8 Å². The molecule has 0 aromatic heterocycles. The number of rotatable bonds is 3. The van der Waals surface area contributed by atoms with Crippen LogP contribution in [0.1, 0.15) is 55.1 Å². The second kappa shape index (κ2) is 5.21. The molecule has 0 bridgehead atoms. The number of likely N-dealkylation sites (N-methyl/N-ethyl adjacent to an activating group) is 1. The first kappa shape index (κ1) is 15.2. The van der Waals surface area contributed by atoms with Crippen molar-refractivity contribution in [3.05, 3.63) is 34.9 Å². The summed E-state index contributed by atoms with van der Waals surface area (Å²) in [6, 6.07) is 7.65. The van der Waals surface area contributed by atoms with Crippen LogP contribution in [-0.4, -0.2) is 30.3 Å². The number of nitriles is 1. The van der Waals surface area contributed by atoms with Crippen LogP contribution in [0.25, 0.3) is 0 Å². The van der Waals surface area contributed by atoms with Gasteiger partial charge in [-0.15, -0.1) is 0 Å². The van der Waals surface area contributed by atoms with E-state index in [-0.39, 0.29) is 23.2 Å². The first-order valence-corrected chi connectivity index (χ1v) is 8.15. The summed E-state index contributed by atoms with van der Waals surface area (Å²) in [5, 5.41) is 9.14. The Hall–Kier alpha value is -1.66. The zero-order chi connectivity index (χ0) is 16.1. The lowest BCUT2D eigenvalue weighted by Gasteiger charge is -2.46. The van der Waals surface area contributed by atoms with Crippen molar-refractivity contribution >= 4 is 5.78 Å². The smallest absolute Gasteiger partial charge is 0.180 e. The van der Waals surface area contributed by atoms with Crippen LogP contribution < -0.4 is 0 Å². The van der Waals surface area contributed by atoms with Gasteiger partial charge in [-0.25, -0.2) is 0 Å². The fraction of sp³-hybridized carbons (Fsp3) is 0.579. The molecule has 2 aliphatic carbocycles. The van der Waals surface area contributed by atoms with E-state index in [4.69, 9.17) is 5.26 Å². The standard InChI is InChI=1S/C19H24N2O/c1-12-17(21(4)11-13-5-6-13)18(22)15-8-7-14(10-20)9-16(15)19(12,2)3/h7-9,12-13,17H,5-6,11H2,1-4H3/t12-,17?/m0/s1. The third-order valence-corrected chi connectivity index (χ3v) is 5.71. The molecule has 0 amide bonds. The van der Waals surface area contributed by atoms with E-state index >= 15 is 0 Å². The Labute approximate surface area is 132 Å². The summed E-state index contributed by atoms with van der Waals surface area (Å²) in [5.74, 6) is 1.22. The summed E-state index contributed by atoms with van der Waals surface area (Å²) in [7, 11) is 2.09. The van der Waals surface area contributed by atoms with Crippen molar-refractivity contribution in [1.82, 2.24) is 4.90 Å². The molecule has 1 saturated carbocycles. The van der Waals surface area contributed by atoms with Crippen molar-refractivity contribution in [2.45, 2.75) is 45.1 Å². The quantitative estimate of drug-likeness (QED) is 0.859. The van der Waals surface area contributed by atoms with Gasteiger partial charge in [0.1, 0.15) is 0 Å².